The highest BCUT2D eigenvalue weighted by molar-refractivity contribution is 5.94. The Morgan fingerprint density at radius 1 is 0.964 bits per heavy atom. The summed E-state index contributed by atoms with van der Waals surface area (Å²) < 4.78 is 0. The molecule has 1 aromatic rings. The lowest BCUT2D eigenvalue weighted by atomic mass is 9.65. The number of hydrogen-bond donors (Lipinski definition) is 3. The molecule has 2 amide bonds. The molecule has 6 heteroatoms. The van der Waals surface area contributed by atoms with Crippen LogP contribution in [0, 0.1) is 23.7 Å². The van der Waals surface area contributed by atoms with Gasteiger partial charge < -0.3 is 16.4 Å². The van der Waals surface area contributed by atoms with Crippen LogP contribution in [0.25, 0.3) is 0 Å². The monoisotopic (exact) mass is 405 g/mol. The fourth-order valence-corrected chi connectivity index (χ4v) is 4.86. The molecule has 3 aliphatic carbocycles. The number of carbonyl (C=O) groups is 2. The van der Waals surface area contributed by atoms with Gasteiger partial charge in [-0.25, -0.2) is 0 Å². The topological polar surface area (TPSA) is 84.2 Å². The minimum atomic E-state index is -0.0406. The summed E-state index contributed by atoms with van der Waals surface area (Å²) in [5.74, 6) is 1.60. The van der Waals surface area contributed by atoms with Gasteiger partial charge in [0.1, 0.15) is 0 Å². The van der Waals surface area contributed by atoms with Gasteiger partial charge in [-0.15, -0.1) is 12.4 Å². The van der Waals surface area contributed by atoms with Gasteiger partial charge in [0.05, 0.1) is 6.04 Å². The molecule has 0 saturated heterocycles. The Balaban J connectivity index is 0.00000225. The summed E-state index contributed by atoms with van der Waals surface area (Å²) in [6.07, 6.45) is 7.47. The largest absolute Gasteiger partial charge is 0.349 e. The maximum Gasteiger partial charge on any atom is 0.227 e. The first kappa shape index (κ1) is 21.1. The molecule has 3 unspecified atom stereocenters. The Labute approximate surface area is 173 Å². The molecule has 3 atom stereocenters. The number of halogens is 1. The number of nitrogens with two attached hydrogens (primary N) is 1. The maximum atomic E-state index is 12.8. The van der Waals surface area contributed by atoms with Crippen LogP contribution in [-0.2, 0) is 9.59 Å². The number of nitrogens with one attached hydrogen (secondary N) is 2. The molecule has 0 spiro atoms. The predicted octanol–water partition coefficient (Wildman–Crippen LogP) is 3.79. The van der Waals surface area contributed by atoms with E-state index in [1.807, 2.05) is 31.2 Å². The van der Waals surface area contributed by atoms with Crippen molar-refractivity contribution in [2.75, 3.05) is 5.32 Å². The van der Waals surface area contributed by atoms with Crippen LogP contribution in [0.4, 0.5) is 5.69 Å². The summed E-state index contributed by atoms with van der Waals surface area (Å²) in [5, 5.41) is 6.14. The Kier molecular flexibility index (Phi) is 6.66. The molecule has 0 aliphatic heterocycles. The standard InChI is InChI=1S/C22H31N3O2.ClH/c1-13(14-7-9-19(10-8-14)25-21(26)15-5-6-15)24-22(27)18-11-16-3-2-4-17(12-18)20(16)23;/h7-10,13,15-18,20H,2-6,11-12,23H2,1H3,(H,24,27)(H,25,26);1H. The molecule has 4 rings (SSSR count). The first-order valence-electron chi connectivity index (χ1n) is 10.5. The summed E-state index contributed by atoms with van der Waals surface area (Å²) in [4.78, 5) is 24.6. The molecule has 3 saturated carbocycles. The highest BCUT2D eigenvalue weighted by Crippen LogP contribution is 2.42. The van der Waals surface area contributed by atoms with Crippen molar-refractivity contribution in [3.8, 4) is 0 Å². The first-order valence-corrected chi connectivity index (χ1v) is 10.5. The van der Waals surface area contributed by atoms with Gasteiger partial charge in [-0.2, -0.15) is 0 Å². The third kappa shape index (κ3) is 4.69. The van der Waals surface area contributed by atoms with Gasteiger partial charge in [-0.1, -0.05) is 18.6 Å². The predicted molar refractivity (Wildman–Crippen MR) is 113 cm³/mol. The van der Waals surface area contributed by atoms with Gasteiger partial charge in [0.2, 0.25) is 11.8 Å². The molecule has 5 nitrogen and oxygen atoms in total. The quantitative estimate of drug-likeness (QED) is 0.696. The number of amides is 2. The number of benzene rings is 1. The number of rotatable bonds is 5. The molecule has 2 bridgehead atoms. The summed E-state index contributed by atoms with van der Waals surface area (Å²) in [6.45, 7) is 2.02. The third-order valence-electron chi connectivity index (χ3n) is 6.77. The second kappa shape index (κ2) is 8.83. The zero-order valence-electron chi connectivity index (χ0n) is 16.5. The van der Waals surface area contributed by atoms with E-state index in [2.05, 4.69) is 10.6 Å². The van der Waals surface area contributed by atoms with Crippen molar-refractivity contribution in [3.05, 3.63) is 29.8 Å². The van der Waals surface area contributed by atoms with Crippen LogP contribution in [0.1, 0.15) is 63.5 Å². The van der Waals surface area contributed by atoms with E-state index in [9.17, 15) is 9.59 Å². The highest BCUT2D eigenvalue weighted by atomic mass is 35.5. The van der Waals surface area contributed by atoms with E-state index in [-0.39, 0.29) is 42.1 Å². The van der Waals surface area contributed by atoms with Crippen molar-refractivity contribution < 1.29 is 9.59 Å². The molecule has 0 heterocycles. The second-order valence-corrected chi connectivity index (χ2v) is 8.81. The molecule has 154 valence electrons. The van der Waals surface area contributed by atoms with Gasteiger partial charge in [0.25, 0.3) is 0 Å². The lowest BCUT2D eigenvalue weighted by Gasteiger charge is -2.43. The third-order valence-corrected chi connectivity index (χ3v) is 6.77. The highest BCUT2D eigenvalue weighted by Gasteiger charge is 2.40. The molecule has 3 fully saturated rings. The zero-order valence-corrected chi connectivity index (χ0v) is 17.3. The molecular formula is C22H32ClN3O2. The van der Waals surface area contributed by atoms with Gasteiger partial charge in [0, 0.05) is 23.6 Å². The molecule has 28 heavy (non-hydrogen) atoms. The van der Waals surface area contributed by atoms with Crippen LogP contribution >= 0.6 is 12.4 Å². The minimum absolute atomic E-state index is 0. The Morgan fingerprint density at radius 2 is 1.57 bits per heavy atom. The van der Waals surface area contributed by atoms with Crippen LogP contribution < -0.4 is 16.4 Å². The van der Waals surface area contributed by atoms with E-state index in [1.54, 1.807) is 0 Å². The van der Waals surface area contributed by atoms with Crippen molar-refractivity contribution in [1.82, 2.24) is 5.32 Å². The van der Waals surface area contributed by atoms with Crippen molar-refractivity contribution in [2.24, 2.45) is 29.4 Å². The fraction of sp³-hybridized carbons (Fsp3) is 0.636. The summed E-state index contributed by atoms with van der Waals surface area (Å²) in [6, 6.07) is 8.06. The van der Waals surface area contributed by atoms with E-state index < -0.39 is 0 Å². The average Bonchev–Trinajstić information content (AvgIpc) is 3.47. The van der Waals surface area contributed by atoms with Crippen molar-refractivity contribution in [1.29, 1.82) is 0 Å². The van der Waals surface area contributed by atoms with E-state index in [1.165, 1.54) is 19.3 Å². The average molecular weight is 406 g/mol. The Morgan fingerprint density at radius 3 is 2.14 bits per heavy atom. The number of anilines is 1. The maximum absolute atomic E-state index is 12.8. The van der Waals surface area contributed by atoms with Crippen LogP contribution in [0.3, 0.4) is 0 Å². The molecule has 1 aromatic carbocycles. The molecular weight excluding hydrogens is 374 g/mol. The van der Waals surface area contributed by atoms with Crippen LogP contribution in [-0.4, -0.2) is 17.9 Å². The summed E-state index contributed by atoms with van der Waals surface area (Å²) in [7, 11) is 0. The number of fused-ring (bicyclic) bond motifs is 2. The Hall–Kier alpha value is -1.59. The van der Waals surface area contributed by atoms with Crippen molar-refractivity contribution in [3.63, 3.8) is 0 Å². The van der Waals surface area contributed by atoms with Crippen LogP contribution in [0.2, 0.25) is 0 Å². The van der Waals surface area contributed by atoms with E-state index in [4.69, 9.17) is 5.73 Å². The van der Waals surface area contributed by atoms with Crippen molar-refractivity contribution in [2.45, 2.75) is 64.0 Å². The normalized spacial score (nSPS) is 29.9. The van der Waals surface area contributed by atoms with Crippen LogP contribution in [0.15, 0.2) is 24.3 Å². The van der Waals surface area contributed by atoms with Gasteiger partial charge in [0.15, 0.2) is 0 Å². The van der Waals surface area contributed by atoms with Crippen LogP contribution in [0.5, 0.6) is 0 Å². The lowest BCUT2D eigenvalue weighted by molar-refractivity contribution is -0.128. The minimum Gasteiger partial charge on any atom is -0.349 e. The number of carbonyl (C=O) groups excluding carboxylic acids is 2. The van der Waals surface area contributed by atoms with Crippen molar-refractivity contribution >= 4 is 29.9 Å². The smallest absolute Gasteiger partial charge is 0.227 e. The van der Waals surface area contributed by atoms with E-state index >= 15 is 0 Å². The van der Waals surface area contributed by atoms with Gasteiger partial charge in [-0.05, 0) is 75.0 Å². The van der Waals surface area contributed by atoms with E-state index in [0.717, 1.165) is 36.9 Å². The molecule has 4 N–H and O–H groups in total. The zero-order chi connectivity index (χ0) is 19.0. The molecule has 0 radical (unpaired) electrons. The van der Waals surface area contributed by atoms with E-state index in [0.29, 0.717) is 17.9 Å². The van der Waals surface area contributed by atoms with Gasteiger partial charge in [-0.3, -0.25) is 9.59 Å². The summed E-state index contributed by atoms with van der Waals surface area (Å²) >= 11 is 0. The second-order valence-electron chi connectivity index (χ2n) is 8.81. The van der Waals surface area contributed by atoms with Gasteiger partial charge >= 0.3 is 0 Å². The molecule has 0 aromatic heterocycles. The summed E-state index contributed by atoms with van der Waals surface area (Å²) in [5.41, 5.74) is 8.23. The SMILES string of the molecule is CC(NC(=O)C1CC2CCCC(C1)C2N)c1ccc(NC(=O)C2CC2)cc1.Cl. The molecule has 3 aliphatic rings. The number of hydrogen-bond acceptors (Lipinski definition) is 3. The first-order chi connectivity index (χ1) is 13.0. The fourth-order valence-electron chi connectivity index (χ4n) is 4.86. The Bertz CT molecular complexity index is 690. The lowest BCUT2D eigenvalue weighted by Crippen LogP contribution is -2.49.